The standard InChI is InChI=1S/C14H19BrO2/c1-5-17-13(16)14(4,10(2)3)11-6-8-12(15)9-7-11/h6-10H,5H2,1-4H3. The molecule has 17 heavy (non-hydrogen) atoms. The minimum Gasteiger partial charge on any atom is -0.465 e. The molecule has 0 bridgehead atoms. The van der Waals surface area contributed by atoms with E-state index in [0.717, 1.165) is 10.0 Å². The van der Waals surface area contributed by atoms with E-state index in [0.29, 0.717) is 6.61 Å². The molecule has 1 aromatic rings. The molecule has 1 rings (SSSR count). The third kappa shape index (κ3) is 2.89. The molecule has 1 unspecified atom stereocenters. The first-order valence-corrected chi connectivity index (χ1v) is 6.65. The van der Waals surface area contributed by atoms with Crippen LogP contribution >= 0.6 is 15.9 Å². The number of rotatable bonds is 4. The van der Waals surface area contributed by atoms with Crippen LogP contribution in [0.1, 0.15) is 33.3 Å². The summed E-state index contributed by atoms with van der Waals surface area (Å²) in [5, 5.41) is 0. The molecule has 0 amide bonds. The van der Waals surface area contributed by atoms with E-state index in [4.69, 9.17) is 4.74 Å². The highest BCUT2D eigenvalue weighted by Gasteiger charge is 2.39. The molecular weight excluding hydrogens is 280 g/mol. The Kier molecular flexibility index (Phi) is 4.75. The lowest BCUT2D eigenvalue weighted by atomic mass is 9.73. The number of esters is 1. The van der Waals surface area contributed by atoms with Crippen LogP contribution < -0.4 is 0 Å². The summed E-state index contributed by atoms with van der Waals surface area (Å²) < 4.78 is 6.21. The first-order valence-electron chi connectivity index (χ1n) is 5.86. The van der Waals surface area contributed by atoms with Gasteiger partial charge in [-0.05, 0) is 37.5 Å². The van der Waals surface area contributed by atoms with Gasteiger partial charge in [0.1, 0.15) is 0 Å². The average molecular weight is 299 g/mol. The van der Waals surface area contributed by atoms with E-state index < -0.39 is 5.41 Å². The smallest absolute Gasteiger partial charge is 0.316 e. The molecule has 1 aromatic carbocycles. The van der Waals surface area contributed by atoms with Gasteiger partial charge >= 0.3 is 5.97 Å². The zero-order valence-corrected chi connectivity index (χ0v) is 12.4. The third-order valence-electron chi connectivity index (χ3n) is 3.30. The summed E-state index contributed by atoms with van der Waals surface area (Å²) in [5.41, 5.74) is 0.408. The van der Waals surface area contributed by atoms with Crippen molar-refractivity contribution in [2.24, 2.45) is 5.92 Å². The Labute approximate surface area is 111 Å². The van der Waals surface area contributed by atoms with Gasteiger partial charge in [-0.3, -0.25) is 4.79 Å². The van der Waals surface area contributed by atoms with Gasteiger partial charge in [-0.25, -0.2) is 0 Å². The molecule has 0 saturated carbocycles. The van der Waals surface area contributed by atoms with Crippen molar-refractivity contribution < 1.29 is 9.53 Å². The van der Waals surface area contributed by atoms with Crippen LogP contribution in [-0.2, 0) is 14.9 Å². The second-order valence-electron chi connectivity index (χ2n) is 4.58. The second kappa shape index (κ2) is 5.67. The third-order valence-corrected chi connectivity index (χ3v) is 3.83. The highest BCUT2D eigenvalue weighted by atomic mass is 79.9. The summed E-state index contributed by atoms with van der Waals surface area (Å²) in [7, 11) is 0. The topological polar surface area (TPSA) is 26.3 Å². The van der Waals surface area contributed by atoms with Crippen LogP contribution in [0.2, 0.25) is 0 Å². The Morgan fingerprint density at radius 2 is 1.88 bits per heavy atom. The van der Waals surface area contributed by atoms with Gasteiger partial charge in [0.15, 0.2) is 0 Å². The van der Waals surface area contributed by atoms with Crippen LogP contribution in [-0.4, -0.2) is 12.6 Å². The van der Waals surface area contributed by atoms with Crippen LogP contribution in [0.15, 0.2) is 28.7 Å². The molecule has 0 fully saturated rings. The van der Waals surface area contributed by atoms with Gasteiger partial charge in [-0.1, -0.05) is 41.9 Å². The molecule has 0 aromatic heterocycles. The van der Waals surface area contributed by atoms with Gasteiger partial charge in [0, 0.05) is 4.47 Å². The Morgan fingerprint density at radius 3 is 2.29 bits per heavy atom. The van der Waals surface area contributed by atoms with Crippen molar-refractivity contribution in [1.29, 1.82) is 0 Å². The largest absolute Gasteiger partial charge is 0.465 e. The van der Waals surface area contributed by atoms with Gasteiger partial charge in [-0.15, -0.1) is 0 Å². The molecular formula is C14H19BrO2. The number of carbonyl (C=O) groups is 1. The fraction of sp³-hybridized carbons (Fsp3) is 0.500. The van der Waals surface area contributed by atoms with E-state index in [-0.39, 0.29) is 11.9 Å². The second-order valence-corrected chi connectivity index (χ2v) is 5.50. The van der Waals surface area contributed by atoms with Crippen molar-refractivity contribution in [1.82, 2.24) is 0 Å². The Hall–Kier alpha value is -0.830. The molecule has 2 nitrogen and oxygen atoms in total. The summed E-state index contributed by atoms with van der Waals surface area (Å²) in [6, 6.07) is 7.85. The van der Waals surface area contributed by atoms with Crippen LogP contribution in [0.3, 0.4) is 0 Å². The van der Waals surface area contributed by atoms with Crippen molar-refractivity contribution in [3.63, 3.8) is 0 Å². The summed E-state index contributed by atoms with van der Waals surface area (Å²) >= 11 is 3.40. The fourth-order valence-corrected chi connectivity index (χ4v) is 2.03. The van der Waals surface area contributed by atoms with Gasteiger partial charge in [-0.2, -0.15) is 0 Å². The quantitative estimate of drug-likeness (QED) is 0.788. The van der Waals surface area contributed by atoms with Gasteiger partial charge in [0.2, 0.25) is 0 Å². The van der Waals surface area contributed by atoms with E-state index in [2.05, 4.69) is 15.9 Å². The normalized spacial score (nSPS) is 14.5. The number of halogens is 1. The van der Waals surface area contributed by atoms with Crippen LogP contribution in [0.5, 0.6) is 0 Å². The SMILES string of the molecule is CCOC(=O)C(C)(c1ccc(Br)cc1)C(C)C. The molecule has 0 heterocycles. The van der Waals surface area contributed by atoms with Crippen molar-refractivity contribution in [3.05, 3.63) is 34.3 Å². The molecule has 0 spiro atoms. The predicted molar refractivity (Wildman–Crippen MR) is 73.0 cm³/mol. The molecule has 0 aliphatic rings. The van der Waals surface area contributed by atoms with Crippen molar-refractivity contribution in [3.8, 4) is 0 Å². The zero-order chi connectivity index (χ0) is 13.1. The molecule has 0 saturated heterocycles. The fourth-order valence-electron chi connectivity index (χ4n) is 1.76. The lowest BCUT2D eigenvalue weighted by Gasteiger charge is -2.31. The molecule has 0 aliphatic carbocycles. The Bertz CT molecular complexity index is 384. The van der Waals surface area contributed by atoms with Crippen LogP contribution in [0, 0.1) is 5.92 Å². The highest BCUT2D eigenvalue weighted by molar-refractivity contribution is 9.10. The lowest BCUT2D eigenvalue weighted by Crippen LogP contribution is -2.39. The zero-order valence-electron chi connectivity index (χ0n) is 10.8. The first-order chi connectivity index (χ1) is 7.92. The summed E-state index contributed by atoms with van der Waals surface area (Å²) in [5.74, 6) is 0.0278. The van der Waals surface area contributed by atoms with Crippen LogP contribution in [0.4, 0.5) is 0 Å². The summed E-state index contributed by atoms with van der Waals surface area (Å²) in [4.78, 5) is 12.2. The summed E-state index contributed by atoms with van der Waals surface area (Å²) in [6.45, 7) is 8.27. The Morgan fingerprint density at radius 1 is 1.35 bits per heavy atom. The lowest BCUT2D eigenvalue weighted by molar-refractivity contribution is -0.151. The number of ether oxygens (including phenoxy) is 1. The predicted octanol–water partition coefficient (Wildman–Crippen LogP) is 3.93. The average Bonchev–Trinajstić information content (AvgIpc) is 2.29. The molecule has 0 aliphatic heterocycles. The van der Waals surface area contributed by atoms with Crippen molar-refractivity contribution in [2.45, 2.75) is 33.1 Å². The van der Waals surface area contributed by atoms with Crippen LogP contribution in [0.25, 0.3) is 0 Å². The van der Waals surface area contributed by atoms with E-state index in [9.17, 15) is 4.79 Å². The number of hydrogen-bond donors (Lipinski definition) is 0. The number of carbonyl (C=O) groups excluding carboxylic acids is 1. The van der Waals surface area contributed by atoms with E-state index >= 15 is 0 Å². The maximum Gasteiger partial charge on any atom is 0.316 e. The van der Waals surface area contributed by atoms with E-state index in [1.165, 1.54) is 0 Å². The monoisotopic (exact) mass is 298 g/mol. The van der Waals surface area contributed by atoms with Gasteiger partial charge in [0.05, 0.1) is 12.0 Å². The molecule has 1 atom stereocenters. The molecule has 0 N–H and O–H groups in total. The van der Waals surface area contributed by atoms with Crippen molar-refractivity contribution in [2.75, 3.05) is 6.61 Å². The summed E-state index contributed by atoms with van der Waals surface area (Å²) in [6.07, 6.45) is 0. The number of benzene rings is 1. The Balaban J connectivity index is 3.16. The first kappa shape index (κ1) is 14.2. The molecule has 0 radical (unpaired) electrons. The van der Waals surface area contributed by atoms with Gasteiger partial charge in [0.25, 0.3) is 0 Å². The minimum atomic E-state index is -0.587. The molecule has 3 heteroatoms. The minimum absolute atomic E-state index is 0.155. The van der Waals surface area contributed by atoms with E-state index in [1.807, 2.05) is 52.0 Å². The maximum atomic E-state index is 12.2. The highest BCUT2D eigenvalue weighted by Crippen LogP contribution is 2.34. The van der Waals surface area contributed by atoms with Crippen molar-refractivity contribution >= 4 is 21.9 Å². The molecule has 94 valence electrons. The van der Waals surface area contributed by atoms with Gasteiger partial charge < -0.3 is 4.74 Å². The van der Waals surface area contributed by atoms with E-state index in [1.54, 1.807) is 0 Å². The maximum absolute atomic E-state index is 12.2. The number of hydrogen-bond acceptors (Lipinski definition) is 2.